The van der Waals surface area contributed by atoms with Crippen LogP contribution in [-0.4, -0.2) is 28.8 Å². The predicted octanol–water partition coefficient (Wildman–Crippen LogP) is 3.44. The van der Waals surface area contributed by atoms with Crippen molar-refractivity contribution in [3.8, 4) is 0 Å². The molecule has 4 heterocycles. The molecule has 2 aliphatic heterocycles. The fourth-order valence-corrected chi connectivity index (χ4v) is 3.38. The van der Waals surface area contributed by atoms with Gasteiger partial charge in [-0.25, -0.2) is 0 Å². The van der Waals surface area contributed by atoms with Gasteiger partial charge in [-0.15, -0.1) is 0 Å². The van der Waals surface area contributed by atoms with E-state index in [-0.39, 0.29) is 0 Å². The van der Waals surface area contributed by atoms with Crippen LogP contribution >= 0.6 is 11.8 Å². The molecule has 0 amide bonds. The fourth-order valence-electron chi connectivity index (χ4n) is 2.55. The lowest BCUT2D eigenvalue weighted by atomic mass is 10.2. The van der Waals surface area contributed by atoms with E-state index in [2.05, 4.69) is 32.7 Å². The Morgan fingerprint density at radius 3 is 2.50 bits per heavy atom. The minimum Gasteiger partial charge on any atom is -0.384 e. The van der Waals surface area contributed by atoms with Crippen LogP contribution in [0.4, 0.5) is 11.4 Å². The summed E-state index contributed by atoms with van der Waals surface area (Å²) in [5.41, 5.74) is 5.29. The zero-order chi connectivity index (χ0) is 13.6. The molecule has 0 fully saturated rings. The molecule has 2 aromatic rings. The van der Waals surface area contributed by atoms with E-state index in [1.165, 1.54) is 47.8 Å². The first kappa shape index (κ1) is 13.5. The second kappa shape index (κ2) is 6.79. The van der Waals surface area contributed by atoms with Crippen LogP contribution in [0.5, 0.6) is 0 Å². The maximum Gasteiger partial charge on any atom is 0.0559 e. The van der Waals surface area contributed by atoms with Crippen LogP contribution in [0.3, 0.4) is 0 Å². The summed E-state index contributed by atoms with van der Waals surface area (Å²) in [5.74, 6) is 2.33. The van der Waals surface area contributed by atoms with Gasteiger partial charge in [-0.1, -0.05) is 0 Å². The molecule has 0 saturated carbocycles. The van der Waals surface area contributed by atoms with E-state index in [9.17, 15) is 0 Å². The number of aromatic nitrogens is 2. The predicted molar refractivity (Wildman–Crippen MR) is 87.7 cm³/mol. The Kier molecular flexibility index (Phi) is 4.58. The summed E-state index contributed by atoms with van der Waals surface area (Å²) in [5, 5.41) is 6.73. The lowest BCUT2D eigenvalue weighted by molar-refractivity contribution is 0.774. The molecule has 4 nitrogen and oxygen atoms in total. The van der Waals surface area contributed by atoms with Crippen molar-refractivity contribution in [2.45, 2.75) is 25.0 Å². The molecular formula is C15H22N4S. The number of rotatable bonds is 0. The molecule has 2 aliphatic rings. The number of anilines is 2. The topological polar surface area (TPSA) is 55.6 Å². The van der Waals surface area contributed by atoms with Crippen molar-refractivity contribution in [1.82, 2.24) is 9.97 Å². The molecule has 0 bridgehead atoms. The van der Waals surface area contributed by atoms with Gasteiger partial charge in [0.2, 0.25) is 0 Å². The third-order valence-electron chi connectivity index (χ3n) is 3.64. The highest BCUT2D eigenvalue weighted by Gasteiger charge is 2.06. The highest BCUT2D eigenvalue weighted by molar-refractivity contribution is 7.98. The lowest BCUT2D eigenvalue weighted by Crippen LogP contribution is -2.00. The molecular weight excluding hydrogens is 268 g/mol. The quantitative estimate of drug-likeness (QED) is 0.601. The number of fused-ring (bicyclic) bond motifs is 2. The Balaban J connectivity index is 0.000000121. The smallest absolute Gasteiger partial charge is 0.0559 e. The van der Waals surface area contributed by atoms with Gasteiger partial charge >= 0.3 is 0 Å². The Labute approximate surface area is 124 Å². The average Bonchev–Trinajstić information content (AvgIpc) is 2.98. The second-order valence-electron chi connectivity index (χ2n) is 5.10. The third kappa shape index (κ3) is 3.33. The summed E-state index contributed by atoms with van der Waals surface area (Å²) in [6.45, 7) is 2.22. The molecule has 0 atom stereocenters. The van der Waals surface area contributed by atoms with Crippen LogP contribution < -0.4 is 10.6 Å². The summed E-state index contributed by atoms with van der Waals surface area (Å²) >= 11 is 1.97. The molecule has 0 unspecified atom stereocenters. The summed E-state index contributed by atoms with van der Waals surface area (Å²) in [7, 11) is 0. The molecule has 0 spiro atoms. The first-order chi connectivity index (χ1) is 9.93. The van der Waals surface area contributed by atoms with E-state index in [0.717, 1.165) is 18.8 Å². The highest BCUT2D eigenvalue weighted by atomic mass is 32.2. The largest absolute Gasteiger partial charge is 0.384 e. The van der Waals surface area contributed by atoms with Crippen molar-refractivity contribution in [1.29, 1.82) is 0 Å². The Hall–Kier alpha value is -1.49. The first-order valence-electron chi connectivity index (χ1n) is 7.31. The fraction of sp³-hybridized carbons (Fsp3) is 0.467. The molecule has 0 saturated heterocycles. The number of thioether (sulfide) groups is 1. The van der Waals surface area contributed by atoms with E-state index in [4.69, 9.17) is 0 Å². The van der Waals surface area contributed by atoms with Crippen molar-refractivity contribution >= 4 is 23.1 Å². The van der Waals surface area contributed by atoms with E-state index in [1.54, 1.807) is 0 Å². The van der Waals surface area contributed by atoms with Gasteiger partial charge in [0.25, 0.3) is 0 Å². The summed E-state index contributed by atoms with van der Waals surface area (Å²) in [6, 6.07) is 4.21. The van der Waals surface area contributed by atoms with Crippen molar-refractivity contribution < 1.29 is 0 Å². The van der Waals surface area contributed by atoms with Crippen molar-refractivity contribution in [3.05, 3.63) is 35.9 Å². The van der Waals surface area contributed by atoms with Crippen LogP contribution in [0.15, 0.2) is 24.5 Å². The minimum atomic E-state index is 1.09. The number of hydrogen-bond acceptors (Lipinski definition) is 3. The molecule has 108 valence electrons. The van der Waals surface area contributed by atoms with E-state index < -0.39 is 0 Å². The third-order valence-corrected chi connectivity index (χ3v) is 4.63. The second-order valence-corrected chi connectivity index (χ2v) is 6.21. The molecule has 2 aromatic heterocycles. The van der Waals surface area contributed by atoms with Gasteiger partial charge in [-0.05, 0) is 31.4 Å². The number of H-pyrrole nitrogens is 2. The molecule has 0 aliphatic carbocycles. The standard InChI is InChI=1S/C8H12N2.C7H10N2S/c1-2-5-9-8-4-6-10-7(8)3-1;1-2-8-7-5-10-4-3-9-6(1)7/h4,6,9-10H,1-3,5H2;1-2,8-9H,3-5H2. The van der Waals surface area contributed by atoms with Crippen LogP contribution in [0.25, 0.3) is 0 Å². The monoisotopic (exact) mass is 290 g/mol. The molecule has 4 rings (SSSR count). The molecule has 0 aromatic carbocycles. The average molecular weight is 290 g/mol. The Morgan fingerprint density at radius 2 is 1.60 bits per heavy atom. The van der Waals surface area contributed by atoms with Gasteiger partial charge in [0.1, 0.15) is 0 Å². The Morgan fingerprint density at radius 1 is 0.850 bits per heavy atom. The van der Waals surface area contributed by atoms with Crippen LogP contribution in [-0.2, 0) is 12.2 Å². The summed E-state index contributed by atoms with van der Waals surface area (Å²) in [4.78, 5) is 6.45. The van der Waals surface area contributed by atoms with Gasteiger partial charge < -0.3 is 20.6 Å². The van der Waals surface area contributed by atoms with Gasteiger partial charge in [-0.3, -0.25) is 0 Å². The maximum atomic E-state index is 3.37. The van der Waals surface area contributed by atoms with Crippen LogP contribution in [0, 0.1) is 0 Å². The SMILES string of the molecule is c1cc2c([nH]1)CCCCN2.c1cc2c([nH]1)CSCCN2. The van der Waals surface area contributed by atoms with Crippen LogP contribution in [0.1, 0.15) is 24.2 Å². The van der Waals surface area contributed by atoms with Gasteiger partial charge in [0.05, 0.1) is 11.4 Å². The summed E-state index contributed by atoms with van der Waals surface area (Å²) in [6.07, 6.45) is 7.80. The number of nitrogens with one attached hydrogen (secondary N) is 4. The number of aryl methyl sites for hydroxylation is 1. The zero-order valence-corrected chi connectivity index (χ0v) is 12.5. The molecule has 5 heteroatoms. The van der Waals surface area contributed by atoms with E-state index in [1.807, 2.05) is 24.2 Å². The zero-order valence-electron chi connectivity index (χ0n) is 11.7. The minimum absolute atomic E-state index is 1.09. The maximum absolute atomic E-state index is 3.37. The Bertz CT molecular complexity index is 442. The number of hydrogen-bond donors (Lipinski definition) is 4. The molecule has 0 radical (unpaired) electrons. The lowest BCUT2D eigenvalue weighted by Gasteiger charge is -1.98. The highest BCUT2D eigenvalue weighted by Crippen LogP contribution is 2.22. The van der Waals surface area contributed by atoms with E-state index >= 15 is 0 Å². The molecule has 20 heavy (non-hydrogen) atoms. The summed E-state index contributed by atoms with van der Waals surface area (Å²) < 4.78 is 0. The van der Waals surface area contributed by atoms with E-state index in [0.29, 0.717) is 0 Å². The van der Waals surface area contributed by atoms with Crippen LogP contribution in [0.2, 0.25) is 0 Å². The van der Waals surface area contributed by atoms with Gasteiger partial charge in [0, 0.05) is 48.4 Å². The van der Waals surface area contributed by atoms with Crippen molar-refractivity contribution in [2.75, 3.05) is 29.5 Å². The van der Waals surface area contributed by atoms with Crippen molar-refractivity contribution in [3.63, 3.8) is 0 Å². The number of aromatic amines is 2. The first-order valence-corrected chi connectivity index (χ1v) is 8.47. The van der Waals surface area contributed by atoms with Crippen molar-refractivity contribution in [2.24, 2.45) is 0 Å². The van der Waals surface area contributed by atoms with Gasteiger partial charge in [-0.2, -0.15) is 11.8 Å². The van der Waals surface area contributed by atoms with Gasteiger partial charge in [0.15, 0.2) is 0 Å². The normalized spacial score (nSPS) is 17.2. The molecule has 4 N–H and O–H groups in total.